The van der Waals surface area contributed by atoms with Crippen LogP contribution < -0.4 is 5.32 Å². The van der Waals surface area contributed by atoms with Gasteiger partial charge in [-0.2, -0.15) is 0 Å². The number of aromatic amines is 1. The number of unbranched alkanes of at least 4 members (excludes halogenated alkanes) is 1. The van der Waals surface area contributed by atoms with Gasteiger partial charge in [-0.3, -0.25) is 4.79 Å². The molecule has 0 bridgehead atoms. The molecule has 5 nitrogen and oxygen atoms in total. The molecule has 1 aromatic heterocycles. The molecule has 2 N–H and O–H groups in total. The van der Waals surface area contributed by atoms with Crippen molar-refractivity contribution in [3.63, 3.8) is 0 Å². The minimum atomic E-state index is -0.303. The molecule has 118 valence electrons. The maximum atomic E-state index is 11.9. The molecule has 21 heavy (non-hydrogen) atoms. The lowest BCUT2D eigenvalue weighted by Gasteiger charge is -2.05. The van der Waals surface area contributed by atoms with Gasteiger partial charge in [-0.15, -0.1) is 0 Å². The van der Waals surface area contributed by atoms with Gasteiger partial charge in [0.2, 0.25) is 5.91 Å². The lowest BCUT2D eigenvalue weighted by Crippen LogP contribution is -2.24. The number of aryl methyl sites for hydroxylation is 2. The van der Waals surface area contributed by atoms with Gasteiger partial charge in [0.1, 0.15) is 0 Å². The Balaban J connectivity index is 2.62. The van der Waals surface area contributed by atoms with Crippen LogP contribution in [0.25, 0.3) is 0 Å². The van der Waals surface area contributed by atoms with Crippen molar-refractivity contribution in [2.75, 3.05) is 13.2 Å². The Hall–Kier alpha value is -1.78. The fourth-order valence-corrected chi connectivity index (χ4v) is 2.31. The molecule has 0 atom stereocenters. The van der Waals surface area contributed by atoms with Crippen LogP contribution in [0, 0.1) is 13.8 Å². The average Bonchev–Trinajstić information content (AvgIpc) is 2.71. The number of ether oxygens (including phenoxy) is 1. The minimum absolute atomic E-state index is 0.0489. The van der Waals surface area contributed by atoms with Crippen LogP contribution in [0.5, 0.6) is 0 Å². The van der Waals surface area contributed by atoms with E-state index >= 15 is 0 Å². The molecule has 0 unspecified atom stereocenters. The van der Waals surface area contributed by atoms with E-state index in [-0.39, 0.29) is 11.9 Å². The zero-order valence-electron chi connectivity index (χ0n) is 13.5. The van der Waals surface area contributed by atoms with Crippen LogP contribution >= 0.6 is 0 Å². The van der Waals surface area contributed by atoms with E-state index in [4.69, 9.17) is 4.74 Å². The highest BCUT2D eigenvalue weighted by Crippen LogP contribution is 2.20. The summed E-state index contributed by atoms with van der Waals surface area (Å²) in [5.41, 5.74) is 3.21. The van der Waals surface area contributed by atoms with Crippen molar-refractivity contribution in [1.82, 2.24) is 10.3 Å². The number of hydrogen-bond acceptors (Lipinski definition) is 3. The summed E-state index contributed by atoms with van der Waals surface area (Å²) in [5.74, 6) is -0.254. The smallest absolute Gasteiger partial charge is 0.340 e. The van der Waals surface area contributed by atoms with Gasteiger partial charge in [0.25, 0.3) is 0 Å². The maximum Gasteiger partial charge on any atom is 0.340 e. The summed E-state index contributed by atoms with van der Waals surface area (Å²) < 4.78 is 5.06. The Morgan fingerprint density at radius 3 is 2.57 bits per heavy atom. The van der Waals surface area contributed by atoms with Crippen molar-refractivity contribution in [3.05, 3.63) is 22.5 Å². The SMILES string of the molecule is CCCCNC(=O)CCc1[nH]c(C)c(C(=O)OCC)c1C. The summed E-state index contributed by atoms with van der Waals surface area (Å²) in [4.78, 5) is 26.8. The van der Waals surface area contributed by atoms with E-state index in [1.165, 1.54) is 0 Å². The van der Waals surface area contributed by atoms with Crippen molar-refractivity contribution in [1.29, 1.82) is 0 Å². The highest BCUT2D eigenvalue weighted by Gasteiger charge is 2.19. The van der Waals surface area contributed by atoms with Gasteiger partial charge in [0.15, 0.2) is 0 Å². The van der Waals surface area contributed by atoms with Crippen molar-refractivity contribution in [2.24, 2.45) is 0 Å². The fourth-order valence-electron chi connectivity index (χ4n) is 2.31. The molecule has 0 fully saturated rings. The quantitative estimate of drug-likeness (QED) is 0.572. The molecule has 1 heterocycles. The lowest BCUT2D eigenvalue weighted by atomic mass is 10.1. The molecule has 1 rings (SSSR count). The molecule has 1 aromatic rings. The average molecular weight is 294 g/mol. The number of H-pyrrole nitrogens is 1. The number of hydrogen-bond donors (Lipinski definition) is 2. The molecule has 0 aliphatic heterocycles. The van der Waals surface area contributed by atoms with Crippen molar-refractivity contribution in [3.8, 4) is 0 Å². The van der Waals surface area contributed by atoms with E-state index in [9.17, 15) is 9.59 Å². The van der Waals surface area contributed by atoms with Gasteiger partial charge >= 0.3 is 5.97 Å². The fraction of sp³-hybridized carbons (Fsp3) is 0.625. The molecular formula is C16H26N2O3. The van der Waals surface area contributed by atoms with Crippen LogP contribution in [-0.2, 0) is 16.0 Å². The van der Waals surface area contributed by atoms with Crippen molar-refractivity contribution < 1.29 is 14.3 Å². The molecule has 0 spiro atoms. The van der Waals surface area contributed by atoms with Crippen LogP contribution in [0.15, 0.2) is 0 Å². The van der Waals surface area contributed by atoms with Gasteiger partial charge in [-0.1, -0.05) is 13.3 Å². The van der Waals surface area contributed by atoms with Crippen LogP contribution in [0.4, 0.5) is 0 Å². The zero-order valence-corrected chi connectivity index (χ0v) is 13.5. The van der Waals surface area contributed by atoms with Gasteiger partial charge in [-0.25, -0.2) is 4.79 Å². The molecule has 0 saturated carbocycles. The van der Waals surface area contributed by atoms with E-state index in [1.807, 2.05) is 13.8 Å². The van der Waals surface area contributed by atoms with Crippen LogP contribution in [0.2, 0.25) is 0 Å². The summed E-state index contributed by atoms with van der Waals surface area (Å²) in [6.07, 6.45) is 3.09. The Bertz CT molecular complexity index is 492. The van der Waals surface area contributed by atoms with Crippen molar-refractivity contribution in [2.45, 2.75) is 53.4 Å². The zero-order chi connectivity index (χ0) is 15.8. The van der Waals surface area contributed by atoms with Crippen LogP contribution in [0.3, 0.4) is 0 Å². The number of nitrogens with one attached hydrogen (secondary N) is 2. The normalized spacial score (nSPS) is 10.5. The first-order valence-electron chi connectivity index (χ1n) is 7.63. The highest BCUT2D eigenvalue weighted by atomic mass is 16.5. The van der Waals surface area contributed by atoms with E-state index in [0.29, 0.717) is 25.0 Å². The molecule has 1 amide bonds. The largest absolute Gasteiger partial charge is 0.462 e. The van der Waals surface area contributed by atoms with E-state index in [2.05, 4.69) is 17.2 Å². The predicted molar refractivity (Wildman–Crippen MR) is 82.5 cm³/mol. The summed E-state index contributed by atoms with van der Waals surface area (Å²) in [6, 6.07) is 0. The second-order valence-electron chi connectivity index (χ2n) is 5.15. The topological polar surface area (TPSA) is 71.2 Å². The lowest BCUT2D eigenvalue weighted by molar-refractivity contribution is -0.121. The number of carbonyl (C=O) groups is 2. The number of aromatic nitrogens is 1. The Labute approximate surface area is 126 Å². The van der Waals surface area contributed by atoms with Gasteiger partial charge in [0.05, 0.1) is 12.2 Å². The standard InChI is InChI=1S/C16H26N2O3/c1-5-7-10-17-14(19)9-8-13-11(3)15(12(4)18-13)16(20)21-6-2/h18H,5-10H2,1-4H3,(H,17,19). The molecule has 0 radical (unpaired) electrons. The van der Waals surface area contributed by atoms with E-state index in [1.54, 1.807) is 6.92 Å². The number of esters is 1. The Kier molecular flexibility index (Phi) is 6.99. The minimum Gasteiger partial charge on any atom is -0.462 e. The second-order valence-corrected chi connectivity index (χ2v) is 5.15. The molecule has 0 aromatic carbocycles. The first kappa shape index (κ1) is 17.3. The number of rotatable bonds is 8. The summed E-state index contributed by atoms with van der Waals surface area (Å²) in [6.45, 7) is 8.71. The van der Waals surface area contributed by atoms with Crippen LogP contribution in [0.1, 0.15) is 60.4 Å². The van der Waals surface area contributed by atoms with Gasteiger partial charge in [-0.05, 0) is 39.2 Å². The summed E-state index contributed by atoms with van der Waals surface area (Å²) >= 11 is 0. The first-order valence-corrected chi connectivity index (χ1v) is 7.63. The van der Waals surface area contributed by atoms with Gasteiger partial charge in [0, 0.05) is 24.4 Å². The monoisotopic (exact) mass is 294 g/mol. The third-order valence-electron chi connectivity index (χ3n) is 3.48. The number of amides is 1. The molecule has 0 aliphatic rings. The Morgan fingerprint density at radius 2 is 1.95 bits per heavy atom. The molecule has 0 saturated heterocycles. The van der Waals surface area contributed by atoms with Crippen LogP contribution in [-0.4, -0.2) is 30.0 Å². The highest BCUT2D eigenvalue weighted by molar-refractivity contribution is 5.92. The molecular weight excluding hydrogens is 268 g/mol. The van der Waals surface area contributed by atoms with E-state index < -0.39 is 0 Å². The third-order valence-corrected chi connectivity index (χ3v) is 3.48. The second kappa shape index (κ2) is 8.49. The van der Waals surface area contributed by atoms with E-state index in [0.717, 1.165) is 36.3 Å². The Morgan fingerprint density at radius 1 is 1.24 bits per heavy atom. The van der Waals surface area contributed by atoms with Crippen molar-refractivity contribution >= 4 is 11.9 Å². The third kappa shape index (κ3) is 4.92. The maximum absolute atomic E-state index is 11.9. The molecule has 0 aliphatic carbocycles. The molecule has 5 heteroatoms. The summed E-state index contributed by atoms with van der Waals surface area (Å²) in [5, 5.41) is 2.89. The van der Waals surface area contributed by atoms with Gasteiger partial charge < -0.3 is 15.0 Å². The first-order chi connectivity index (χ1) is 10.0. The summed E-state index contributed by atoms with van der Waals surface area (Å²) in [7, 11) is 0. The number of carbonyl (C=O) groups excluding carboxylic acids is 2. The predicted octanol–water partition coefficient (Wildman–Crippen LogP) is 2.66.